The molecule has 6 heteroatoms. The van der Waals surface area contributed by atoms with Crippen molar-refractivity contribution in [3.8, 4) is 18.4 Å². The summed E-state index contributed by atoms with van der Waals surface area (Å²) in [4.78, 5) is 9.04. The van der Waals surface area contributed by atoms with Crippen LogP contribution in [-0.2, 0) is 4.74 Å². The number of pyridine rings is 1. The molecule has 3 aliphatic rings. The van der Waals surface area contributed by atoms with E-state index in [1.54, 1.807) is 12.4 Å². The van der Waals surface area contributed by atoms with Crippen molar-refractivity contribution in [2.24, 2.45) is 4.99 Å². The quantitative estimate of drug-likeness (QED) is 0.338. The zero-order chi connectivity index (χ0) is 17.2. The Balaban J connectivity index is 1.64. The second kappa shape index (κ2) is 6.83. The molecule has 0 amide bonds. The van der Waals surface area contributed by atoms with Crippen LogP contribution in [0.4, 0.5) is 5.69 Å². The van der Waals surface area contributed by atoms with Gasteiger partial charge in [-0.2, -0.15) is 0 Å². The summed E-state index contributed by atoms with van der Waals surface area (Å²) in [5, 5.41) is 12.6. The second-order valence-corrected chi connectivity index (χ2v) is 10.9. The summed E-state index contributed by atoms with van der Waals surface area (Å²) in [5.41, 5.74) is 3.25. The number of hydrogen-bond donors (Lipinski definition) is 1. The van der Waals surface area contributed by atoms with Crippen molar-refractivity contribution >= 4 is 35.3 Å². The molecule has 0 unspecified atom stereocenters. The average molecular weight is 442 g/mol. The number of nitrogens with zero attached hydrogens (tertiary/aromatic N) is 3. The van der Waals surface area contributed by atoms with Crippen molar-refractivity contribution in [2.75, 3.05) is 23.1 Å². The fraction of sp³-hybridized carbons (Fsp3) is 0.211. The van der Waals surface area contributed by atoms with E-state index in [9.17, 15) is 0 Å². The molecule has 0 aromatic carbocycles. The van der Waals surface area contributed by atoms with Gasteiger partial charge >= 0.3 is 154 Å². The van der Waals surface area contributed by atoms with Crippen LogP contribution in [0.5, 0.6) is 0 Å². The first-order chi connectivity index (χ1) is 12.3. The predicted octanol–water partition coefficient (Wildman–Crippen LogP) is 3.11. The average Bonchev–Trinajstić information content (AvgIpc) is 2.88. The number of alkyl halides is 1. The molecule has 0 aliphatic carbocycles. The Hall–Kier alpha value is -2.42. The summed E-state index contributed by atoms with van der Waals surface area (Å²) in [5.74, 6) is 2.69. The number of allylic oxidation sites excluding steroid dienone is 5. The van der Waals surface area contributed by atoms with Gasteiger partial charge in [0.2, 0.25) is 0 Å². The fourth-order valence-corrected chi connectivity index (χ4v) is 7.60. The molecule has 3 aliphatic heterocycles. The van der Waals surface area contributed by atoms with Crippen LogP contribution in [-0.4, -0.2) is 35.0 Å². The third kappa shape index (κ3) is 3.11. The summed E-state index contributed by atoms with van der Waals surface area (Å²) in [6, 6.07) is 4.52. The van der Waals surface area contributed by atoms with Crippen LogP contribution in [0.15, 0.2) is 44.6 Å². The van der Waals surface area contributed by atoms with E-state index in [1.165, 1.54) is 7.16 Å². The number of ether oxygens (including phenoxy) is 1. The Labute approximate surface area is 153 Å². The van der Waals surface area contributed by atoms with Crippen LogP contribution in [0.2, 0.25) is 0 Å². The Kier molecular flexibility index (Phi) is 4.39. The third-order valence-electron chi connectivity index (χ3n) is 4.04. The third-order valence-corrected chi connectivity index (χ3v) is 9.61. The molecule has 1 fully saturated rings. The van der Waals surface area contributed by atoms with E-state index in [0.29, 0.717) is 24.8 Å². The molecule has 0 bridgehead atoms. The van der Waals surface area contributed by atoms with Gasteiger partial charge < -0.3 is 0 Å². The van der Waals surface area contributed by atoms with Gasteiger partial charge in [0.1, 0.15) is 0 Å². The maximum absolute atomic E-state index is 9.14. The van der Waals surface area contributed by atoms with Gasteiger partial charge in [0.05, 0.1) is 0 Å². The molecule has 124 valence electrons. The van der Waals surface area contributed by atoms with Crippen molar-refractivity contribution in [1.82, 2.24) is 4.98 Å². The summed E-state index contributed by atoms with van der Waals surface area (Å²) in [6.45, 7) is 1.40. The number of aromatic nitrogens is 1. The SMILES string of the molecule is C#Cc1cnc(C2=CC=C3C=C(C#N)C=NCI32)cc1NC1COC1. The zero-order valence-corrected chi connectivity index (χ0v) is 15.5. The minimum absolute atomic E-state index is 0.302. The fourth-order valence-electron chi connectivity index (χ4n) is 2.68. The molecule has 0 saturated carbocycles. The molecule has 1 aromatic rings. The molecule has 0 spiro atoms. The normalized spacial score (nSPS) is 20.2. The first-order valence-corrected chi connectivity index (χ1v) is 11.5. The van der Waals surface area contributed by atoms with Gasteiger partial charge in [0.25, 0.3) is 0 Å². The van der Waals surface area contributed by atoms with E-state index in [4.69, 9.17) is 16.4 Å². The van der Waals surface area contributed by atoms with Gasteiger partial charge in [-0.1, -0.05) is 0 Å². The van der Waals surface area contributed by atoms with Crippen LogP contribution < -0.4 is 5.32 Å². The first-order valence-electron chi connectivity index (χ1n) is 7.79. The molecule has 0 radical (unpaired) electrons. The molecule has 1 N–H and O–H groups in total. The molecule has 4 rings (SSSR count). The van der Waals surface area contributed by atoms with Crippen molar-refractivity contribution in [3.63, 3.8) is 0 Å². The van der Waals surface area contributed by atoms with Gasteiger partial charge in [0, 0.05) is 0 Å². The molecule has 25 heavy (non-hydrogen) atoms. The second-order valence-electron chi connectivity index (χ2n) is 5.71. The van der Waals surface area contributed by atoms with Crippen LogP contribution >= 0.6 is 19.8 Å². The van der Waals surface area contributed by atoms with Crippen LogP contribution in [0.3, 0.4) is 0 Å². The molecule has 0 atom stereocenters. The van der Waals surface area contributed by atoms with Crippen molar-refractivity contribution in [2.45, 2.75) is 6.04 Å². The predicted molar refractivity (Wildman–Crippen MR) is 108 cm³/mol. The number of hydrogen-bond acceptors (Lipinski definition) is 5. The van der Waals surface area contributed by atoms with Gasteiger partial charge in [-0.3, -0.25) is 0 Å². The first kappa shape index (κ1) is 16.1. The number of rotatable bonds is 3. The molecular formula is C19H15IN4O. The summed E-state index contributed by atoms with van der Waals surface area (Å²) in [7, 11) is 0. The Morgan fingerprint density at radius 1 is 1.36 bits per heavy atom. The summed E-state index contributed by atoms with van der Waals surface area (Å²) >= 11 is -1.67. The van der Waals surface area contributed by atoms with Gasteiger partial charge in [0.15, 0.2) is 0 Å². The topological polar surface area (TPSA) is 70.3 Å². The van der Waals surface area contributed by atoms with E-state index < -0.39 is 19.8 Å². The number of halogens is 1. The van der Waals surface area contributed by atoms with Crippen molar-refractivity contribution < 1.29 is 4.74 Å². The van der Waals surface area contributed by atoms with E-state index in [2.05, 4.69) is 39.4 Å². The van der Waals surface area contributed by atoms with Crippen LogP contribution in [0.1, 0.15) is 11.3 Å². The van der Waals surface area contributed by atoms with Crippen molar-refractivity contribution in [1.29, 1.82) is 5.26 Å². The number of anilines is 1. The van der Waals surface area contributed by atoms with E-state index >= 15 is 0 Å². The molecule has 1 aromatic heterocycles. The Bertz CT molecular complexity index is 926. The van der Waals surface area contributed by atoms with Gasteiger partial charge in [-0.25, -0.2) is 0 Å². The minimum atomic E-state index is -1.67. The summed E-state index contributed by atoms with van der Waals surface area (Å²) < 4.78 is 8.49. The van der Waals surface area contributed by atoms with Crippen LogP contribution in [0.25, 0.3) is 3.58 Å². The summed E-state index contributed by atoms with van der Waals surface area (Å²) in [6.07, 6.45) is 15.2. The van der Waals surface area contributed by atoms with Crippen molar-refractivity contribution in [3.05, 3.63) is 50.9 Å². The number of terminal acetylenes is 1. The molecule has 5 nitrogen and oxygen atoms in total. The van der Waals surface area contributed by atoms with Gasteiger partial charge in [-0.05, 0) is 0 Å². The number of nitriles is 1. The maximum atomic E-state index is 9.14. The molecular weight excluding hydrogens is 427 g/mol. The Morgan fingerprint density at radius 3 is 2.96 bits per heavy atom. The van der Waals surface area contributed by atoms with Gasteiger partial charge in [-0.15, -0.1) is 0 Å². The zero-order valence-electron chi connectivity index (χ0n) is 13.4. The number of fused-ring (bicyclic) bond motifs is 1. The van der Waals surface area contributed by atoms with E-state index in [0.717, 1.165) is 21.5 Å². The van der Waals surface area contributed by atoms with E-state index in [-0.39, 0.29) is 0 Å². The Morgan fingerprint density at radius 2 is 2.24 bits per heavy atom. The number of aliphatic imine (C=N–C) groups is 1. The standard InChI is InChI=1S/C19H15IN4O/c1-2-14-9-23-19(6-18(14)24-16-10-25-11-16)17-4-3-15-5-13(7-21)8-22-12-20(15)17/h1,3-6,8-9,16H,10-12H2,(H,23,24). The van der Waals surface area contributed by atoms with E-state index in [1.807, 2.05) is 12.1 Å². The molecule has 1 saturated heterocycles. The van der Waals surface area contributed by atoms with Crippen LogP contribution in [0, 0.1) is 23.7 Å². The monoisotopic (exact) mass is 442 g/mol. The molecule has 4 heterocycles. The number of nitrogens with one attached hydrogen (secondary N) is 1.